The smallest absolute Gasteiger partial charge is 0.307 e. The van der Waals surface area contributed by atoms with Crippen molar-refractivity contribution in [3.63, 3.8) is 0 Å². The highest BCUT2D eigenvalue weighted by Gasteiger charge is 2.16. The van der Waals surface area contributed by atoms with Gasteiger partial charge in [0.15, 0.2) is 0 Å². The van der Waals surface area contributed by atoms with Gasteiger partial charge in [0.2, 0.25) is 0 Å². The molecular weight excluding hydrogens is 371 g/mol. The van der Waals surface area contributed by atoms with Crippen LogP contribution in [-0.4, -0.2) is 31.6 Å². The Morgan fingerprint density at radius 2 is 2.10 bits per heavy atom. The van der Waals surface area contributed by atoms with Gasteiger partial charge in [-0.3, -0.25) is 9.59 Å². The van der Waals surface area contributed by atoms with Gasteiger partial charge in [-0.2, -0.15) is 0 Å². The SMILES string of the molecule is CCOC(=O)C[C@@H](C)NC(=O)c1cc(I)ccc1NC. The molecule has 0 aliphatic carbocycles. The fourth-order valence-electron chi connectivity index (χ4n) is 1.74. The van der Waals surface area contributed by atoms with E-state index in [0.29, 0.717) is 12.2 Å². The number of rotatable bonds is 6. The molecule has 0 aliphatic heterocycles. The van der Waals surface area contributed by atoms with Crippen LogP contribution in [0, 0.1) is 3.57 Å². The van der Waals surface area contributed by atoms with Gasteiger partial charge in [0.05, 0.1) is 18.6 Å². The van der Waals surface area contributed by atoms with Gasteiger partial charge in [0.1, 0.15) is 0 Å². The molecule has 110 valence electrons. The summed E-state index contributed by atoms with van der Waals surface area (Å²) in [6.45, 7) is 3.88. The van der Waals surface area contributed by atoms with Gasteiger partial charge in [0.25, 0.3) is 5.91 Å². The predicted octanol–water partition coefficient (Wildman–Crippen LogP) is 2.40. The monoisotopic (exact) mass is 390 g/mol. The summed E-state index contributed by atoms with van der Waals surface area (Å²) in [6, 6.07) is 5.31. The molecule has 5 nitrogen and oxygen atoms in total. The molecule has 0 aliphatic rings. The molecule has 0 unspecified atom stereocenters. The van der Waals surface area contributed by atoms with Crippen LogP contribution >= 0.6 is 22.6 Å². The number of hydrogen-bond acceptors (Lipinski definition) is 4. The number of benzene rings is 1. The van der Waals surface area contributed by atoms with Crippen LogP contribution in [0.25, 0.3) is 0 Å². The minimum absolute atomic E-state index is 0.165. The van der Waals surface area contributed by atoms with Crippen molar-refractivity contribution >= 4 is 40.2 Å². The molecular formula is C14H19IN2O3. The highest BCUT2D eigenvalue weighted by molar-refractivity contribution is 14.1. The second-order valence-electron chi connectivity index (χ2n) is 4.32. The second kappa shape index (κ2) is 8.08. The Balaban J connectivity index is 2.71. The number of carbonyl (C=O) groups is 2. The van der Waals surface area contributed by atoms with Gasteiger partial charge < -0.3 is 15.4 Å². The predicted molar refractivity (Wildman–Crippen MR) is 86.9 cm³/mol. The van der Waals surface area contributed by atoms with Crippen molar-refractivity contribution in [2.24, 2.45) is 0 Å². The topological polar surface area (TPSA) is 67.4 Å². The van der Waals surface area contributed by atoms with E-state index in [9.17, 15) is 9.59 Å². The normalized spacial score (nSPS) is 11.6. The number of nitrogens with one attached hydrogen (secondary N) is 2. The zero-order valence-electron chi connectivity index (χ0n) is 11.8. The molecule has 1 aromatic rings. The maximum atomic E-state index is 12.2. The lowest BCUT2D eigenvalue weighted by atomic mass is 10.1. The highest BCUT2D eigenvalue weighted by atomic mass is 127. The Morgan fingerprint density at radius 1 is 1.40 bits per heavy atom. The van der Waals surface area contributed by atoms with Crippen molar-refractivity contribution in [3.05, 3.63) is 27.3 Å². The molecule has 1 aromatic carbocycles. The van der Waals surface area contributed by atoms with E-state index in [2.05, 4.69) is 33.2 Å². The molecule has 0 fully saturated rings. The van der Waals surface area contributed by atoms with Gasteiger partial charge in [-0.05, 0) is 54.6 Å². The van der Waals surface area contributed by atoms with Gasteiger partial charge >= 0.3 is 5.97 Å². The number of carbonyl (C=O) groups excluding carboxylic acids is 2. The van der Waals surface area contributed by atoms with Crippen molar-refractivity contribution in [2.45, 2.75) is 26.3 Å². The molecule has 0 saturated heterocycles. The van der Waals surface area contributed by atoms with Gasteiger partial charge in [-0.1, -0.05) is 0 Å². The standard InChI is InChI=1S/C14H19IN2O3/c1-4-20-13(18)7-9(2)17-14(19)11-8-10(15)5-6-12(11)16-3/h5-6,8-9,16H,4,7H2,1-3H3,(H,17,19)/t9-/m1/s1. The first-order valence-corrected chi connectivity index (χ1v) is 7.49. The third-order valence-electron chi connectivity index (χ3n) is 2.65. The van der Waals surface area contributed by atoms with Crippen LogP contribution in [0.3, 0.4) is 0 Å². The van der Waals surface area contributed by atoms with Crippen LogP contribution in [0.1, 0.15) is 30.6 Å². The number of hydrogen-bond donors (Lipinski definition) is 2. The van der Waals surface area contributed by atoms with E-state index < -0.39 is 0 Å². The van der Waals surface area contributed by atoms with Crippen molar-refractivity contribution in [2.75, 3.05) is 19.0 Å². The minimum Gasteiger partial charge on any atom is -0.466 e. The molecule has 2 N–H and O–H groups in total. The summed E-state index contributed by atoms with van der Waals surface area (Å²) in [4.78, 5) is 23.6. The number of ether oxygens (including phenoxy) is 1. The Labute approximate surface area is 132 Å². The van der Waals surface area contributed by atoms with Crippen LogP contribution in [0.4, 0.5) is 5.69 Å². The molecule has 20 heavy (non-hydrogen) atoms. The first kappa shape index (κ1) is 16.7. The molecule has 1 amide bonds. The average Bonchev–Trinajstić information content (AvgIpc) is 2.38. The van der Waals surface area contributed by atoms with E-state index in [0.717, 1.165) is 9.26 Å². The lowest BCUT2D eigenvalue weighted by molar-refractivity contribution is -0.143. The highest BCUT2D eigenvalue weighted by Crippen LogP contribution is 2.18. The number of anilines is 1. The Bertz CT molecular complexity index is 491. The van der Waals surface area contributed by atoms with Crippen LogP contribution < -0.4 is 10.6 Å². The summed E-state index contributed by atoms with van der Waals surface area (Å²) in [5.41, 5.74) is 1.32. The van der Waals surface area contributed by atoms with Gasteiger partial charge in [-0.15, -0.1) is 0 Å². The summed E-state index contributed by atoms with van der Waals surface area (Å²) in [7, 11) is 1.76. The number of amides is 1. The van der Waals surface area contributed by atoms with Crippen LogP contribution in [0.2, 0.25) is 0 Å². The molecule has 0 spiro atoms. The van der Waals surface area contributed by atoms with E-state index in [1.54, 1.807) is 27.0 Å². The Morgan fingerprint density at radius 3 is 2.70 bits per heavy atom. The van der Waals surface area contributed by atoms with Crippen LogP contribution in [0.15, 0.2) is 18.2 Å². The molecule has 0 aromatic heterocycles. The molecule has 0 bridgehead atoms. The van der Waals surface area contributed by atoms with Gasteiger partial charge in [-0.25, -0.2) is 0 Å². The van der Waals surface area contributed by atoms with E-state index in [-0.39, 0.29) is 24.3 Å². The third kappa shape index (κ3) is 4.99. The fourth-order valence-corrected chi connectivity index (χ4v) is 2.24. The van der Waals surface area contributed by atoms with Gasteiger partial charge in [0, 0.05) is 22.3 Å². The molecule has 0 heterocycles. The fraction of sp³-hybridized carbons (Fsp3) is 0.429. The summed E-state index contributed by atoms with van der Waals surface area (Å²) in [5, 5.41) is 5.79. The zero-order valence-corrected chi connectivity index (χ0v) is 14.0. The maximum Gasteiger partial charge on any atom is 0.307 e. The first-order chi connectivity index (χ1) is 9.47. The summed E-state index contributed by atoms with van der Waals surface area (Å²) in [6.07, 6.45) is 0.165. The quantitative estimate of drug-likeness (QED) is 0.579. The maximum absolute atomic E-state index is 12.2. The Hall–Kier alpha value is -1.31. The molecule has 1 rings (SSSR count). The van der Waals surface area contributed by atoms with Crippen molar-refractivity contribution in [1.29, 1.82) is 0 Å². The largest absolute Gasteiger partial charge is 0.466 e. The summed E-state index contributed by atoms with van der Waals surface area (Å²) in [5.74, 6) is -0.513. The first-order valence-electron chi connectivity index (χ1n) is 6.41. The second-order valence-corrected chi connectivity index (χ2v) is 5.57. The van der Waals surface area contributed by atoms with E-state index in [1.165, 1.54) is 0 Å². The molecule has 0 saturated carbocycles. The van der Waals surface area contributed by atoms with Crippen molar-refractivity contribution in [1.82, 2.24) is 5.32 Å². The number of esters is 1. The molecule has 0 radical (unpaired) electrons. The van der Waals surface area contributed by atoms with E-state index in [1.807, 2.05) is 12.1 Å². The van der Waals surface area contributed by atoms with Crippen molar-refractivity contribution in [3.8, 4) is 0 Å². The number of halogens is 1. The molecule has 6 heteroatoms. The van der Waals surface area contributed by atoms with E-state index >= 15 is 0 Å². The third-order valence-corrected chi connectivity index (χ3v) is 3.32. The van der Waals surface area contributed by atoms with E-state index in [4.69, 9.17) is 4.74 Å². The lowest BCUT2D eigenvalue weighted by Crippen LogP contribution is -2.35. The van der Waals surface area contributed by atoms with Crippen molar-refractivity contribution < 1.29 is 14.3 Å². The zero-order chi connectivity index (χ0) is 15.1. The minimum atomic E-state index is -0.309. The van der Waals surface area contributed by atoms with Crippen LogP contribution in [-0.2, 0) is 9.53 Å². The summed E-state index contributed by atoms with van der Waals surface area (Å²) < 4.78 is 5.84. The molecule has 1 atom stereocenters. The summed E-state index contributed by atoms with van der Waals surface area (Å²) >= 11 is 2.15. The van der Waals surface area contributed by atoms with Crippen LogP contribution in [0.5, 0.6) is 0 Å². The Kier molecular flexibility index (Phi) is 6.77. The lowest BCUT2D eigenvalue weighted by Gasteiger charge is -2.15. The average molecular weight is 390 g/mol.